The minimum atomic E-state index is -0.974. The lowest BCUT2D eigenvalue weighted by Crippen LogP contribution is -2.16. The molecule has 2 N–H and O–H groups in total. The first kappa shape index (κ1) is 14.4. The smallest absolute Gasteiger partial charge is 0.457 e. The molecule has 0 fully saturated rings. The molecule has 0 radical (unpaired) electrons. The lowest BCUT2D eigenvalue weighted by Gasteiger charge is -2.18. The van der Waals surface area contributed by atoms with E-state index in [1.54, 1.807) is 0 Å². The molecule has 1 unspecified atom stereocenters. The van der Waals surface area contributed by atoms with E-state index in [1.165, 1.54) is 10.6 Å². The van der Waals surface area contributed by atoms with Crippen molar-refractivity contribution in [3.8, 4) is 0 Å². The van der Waals surface area contributed by atoms with Gasteiger partial charge in [0.25, 0.3) is 0 Å². The number of nitrogens with two attached hydrogens (primary N) is 1. The fourth-order valence-corrected chi connectivity index (χ4v) is 5.95. The van der Waals surface area contributed by atoms with Gasteiger partial charge in [0.1, 0.15) is 0 Å². The van der Waals surface area contributed by atoms with E-state index in [1.807, 2.05) is 0 Å². The van der Waals surface area contributed by atoms with Crippen molar-refractivity contribution in [3.05, 3.63) is 18.2 Å². The van der Waals surface area contributed by atoms with E-state index in [4.69, 9.17) is 9.31 Å². The summed E-state index contributed by atoms with van der Waals surface area (Å²) in [5.74, 6) is 4.39. The van der Waals surface area contributed by atoms with Gasteiger partial charge in [-0.25, -0.2) is 0 Å². The van der Waals surface area contributed by atoms with Crippen LogP contribution in [-0.2, 0) is 3.58 Å². The van der Waals surface area contributed by atoms with E-state index in [0.29, 0.717) is 0 Å². The maximum absolute atomic E-state index is 6.10. The second-order valence-electron chi connectivity index (χ2n) is 4.29. The third kappa shape index (κ3) is 3.99. The van der Waals surface area contributed by atoms with Crippen molar-refractivity contribution in [3.63, 3.8) is 0 Å². The average molecular weight is 271 g/mol. The average Bonchev–Trinajstić information content (AvgIpc) is 2.15. The van der Waals surface area contributed by atoms with Gasteiger partial charge in [0, 0.05) is 19.1 Å². The van der Waals surface area contributed by atoms with E-state index >= 15 is 0 Å². The fourth-order valence-electron chi connectivity index (χ4n) is 1.48. The van der Waals surface area contributed by atoms with Crippen molar-refractivity contribution in [2.75, 3.05) is 25.7 Å². The van der Waals surface area contributed by atoms with Crippen LogP contribution in [0.25, 0.3) is 0 Å². The molecule has 0 bridgehead atoms. The molecule has 0 aromatic heterocycles. The van der Waals surface area contributed by atoms with Gasteiger partial charge in [0.2, 0.25) is 0 Å². The molecule has 0 saturated carbocycles. The summed E-state index contributed by atoms with van der Waals surface area (Å²) in [7, 11) is -0.589. The summed E-state index contributed by atoms with van der Waals surface area (Å²) in [4.78, 5) is 0. The van der Waals surface area contributed by atoms with Gasteiger partial charge in [-0.15, -0.1) is 0 Å². The number of benzene rings is 1. The summed E-state index contributed by atoms with van der Waals surface area (Å²) in [6.45, 7) is 6.64. The third-order valence-electron chi connectivity index (χ3n) is 2.24. The van der Waals surface area contributed by atoms with Gasteiger partial charge >= 0.3 is 14.5 Å². The van der Waals surface area contributed by atoms with E-state index in [0.717, 1.165) is 5.69 Å². The molecular weight excluding hydrogens is 251 g/mol. The predicted molar refractivity (Wildman–Crippen MR) is 80.3 cm³/mol. The number of anilines is 1. The summed E-state index contributed by atoms with van der Waals surface area (Å²) in [6, 6.07) is 6.46. The highest BCUT2D eigenvalue weighted by atomic mass is 31.1. The Morgan fingerprint density at radius 3 is 2.25 bits per heavy atom. The van der Waals surface area contributed by atoms with Crippen LogP contribution in [0, 0.1) is 0 Å². The zero-order valence-corrected chi connectivity index (χ0v) is 13.6. The Bertz CT molecular complexity index is 358. The first-order chi connectivity index (χ1) is 7.41. The van der Waals surface area contributed by atoms with Crippen molar-refractivity contribution >= 4 is 46.8 Å². The Labute approximate surface area is 106 Å². The van der Waals surface area contributed by atoms with Gasteiger partial charge in [0.05, 0.1) is 0 Å². The quantitative estimate of drug-likeness (QED) is 0.519. The SMILES string of the molecule is [CH3][Al]([CH3])[O]P(C)c1ccc(P(C)C)cc1N. The number of hydrogen-bond acceptors (Lipinski definition) is 2. The van der Waals surface area contributed by atoms with Gasteiger partial charge < -0.3 is 9.31 Å². The molecule has 5 heteroatoms. The summed E-state index contributed by atoms with van der Waals surface area (Å²) < 4.78 is 5.95. The molecule has 0 saturated heterocycles. The zero-order chi connectivity index (χ0) is 12.3. The largest absolute Gasteiger partial charge is 0.476 e. The summed E-state index contributed by atoms with van der Waals surface area (Å²) in [5, 5.41) is 2.55. The molecule has 1 atom stereocenters. The van der Waals surface area contributed by atoms with Crippen LogP contribution >= 0.6 is 16.1 Å². The molecule has 16 heavy (non-hydrogen) atoms. The molecule has 88 valence electrons. The molecule has 0 heterocycles. The Hall–Kier alpha value is 0.372. The summed E-state index contributed by atoms with van der Waals surface area (Å²) in [6.07, 6.45) is 0. The lowest BCUT2D eigenvalue weighted by atomic mass is 10.3. The Morgan fingerprint density at radius 1 is 1.19 bits per heavy atom. The highest BCUT2D eigenvalue weighted by molar-refractivity contribution is 7.64. The van der Waals surface area contributed by atoms with Gasteiger partial charge in [0.15, 0.2) is 0 Å². The highest BCUT2D eigenvalue weighted by Gasteiger charge is 2.14. The molecule has 0 aliphatic rings. The van der Waals surface area contributed by atoms with E-state index in [9.17, 15) is 0 Å². The molecule has 1 rings (SSSR count). The van der Waals surface area contributed by atoms with Crippen LogP contribution in [0.5, 0.6) is 0 Å². The van der Waals surface area contributed by atoms with E-state index in [2.05, 4.69) is 49.8 Å². The van der Waals surface area contributed by atoms with Crippen LogP contribution in [0.1, 0.15) is 0 Å². The highest BCUT2D eigenvalue weighted by Crippen LogP contribution is 2.35. The molecule has 0 spiro atoms. The fraction of sp³-hybridized carbons (Fsp3) is 0.455. The normalized spacial score (nSPS) is 12.9. The molecule has 2 nitrogen and oxygen atoms in total. The second kappa shape index (κ2) is 6.34. The molecule has 0 amide bonds. The number of hydrogen-bond donors (Lipinski definition) is 1. The van der Waals surface area contributed by atoms with Crippen molar-refractivity contribution in [2.45, 2.75) is 11.6 Å². The van der Waals surface area contributed by atoms with Crippen LogP contribution in [0.2, 0.25) is 11.6 Å². The zero-order valence-electron chi connectivity index (χ0n) is 10.7. The first-order valence-corrected chi connectivity index (χ1v) is 12.1. The molecule has 1 aromatic carbocycles. The Morgan fingerprint density at radius 2 is 1.81 bits per heavy atom. The van der Waals surface area contributed by atoms with Crippen LogP contribution in [0.3, 0.4) is 0 Å². The number of rotatable bonds is 4. The van der Waals surface area contributed by atoms with Crippen molar-refractivity contribution in [2.24, 2.45) is 0 Å². The monoisotopic (exact) mass is 271 g/mol. The number of nitrogen functional groups attached to an aromatic ring is 1. The lowest BCUT2D eigenvalue weighted by molar-refractivity contribution is 0.659. The van der Waals surface area contributed by atoms with Crippen LogP contribution in [0.4, 0.5) is 5.69 Å². The summed E-state index contributed by atoms with van der Waals surface area (Å²) in [5.41, 5.74) is 7.00. The first-order valence-electron chi connectivity index (χ1n) is 5.39. The van der Waals surface area contributed by atoms with E-state index < -0.39 is 22.6 Å². The maximum atomic E-state index is 6.10. The van der Waals surface area contributed by atoms with Gasteiger partial charge in [-0.05, 0) is 37.4 Å². The van der Waals surface area contributed by atoms with Gasteiger partial charge in [-0.2, -0.15) is 0 Å². The van der Waals surface area contributed by atoms with Gasteiger partial charge in [-0.3, -0.25) is 0 Å². The molecule has 0 aliphatic carbocycles. The van der Waals surface area contributed by atoms with Crippen LogP contribution < -0.4 is 16.3 Å². The summed E-state index contributed by atoms with van der Waals surface area (Å²) >= 11 is -0.974. The van der Waals surface area contributed by atoms with Crippen LogP contribution in [0.15, 0.2) is 18.2 Å². The topological polar surface area (TPSA) is 35.2 Å². The molecule has 0 aliphatic heterocycles. The third-order valence-corrected chi connectivity index (χ3v) is 7.58. The Kier molecular flexibility index (Phi) is 5.72. The predicted octanol–water partition coefficient (Wildman–Crippen LogP) is 2.56. The second-order valence-corrected chi connectivity index (χ2v) is 11.0. The van der Waals surface area contributed by atoms with Crippen molar-refractivity contribution in [1.29, 1.82) is 0 Å². The Balaban J connectivity index is 2.90. The van der Waals surface area contributed by atoms with Gasteiger partial charge in [-0.1, -0.05) is 25.6 Å². The van der Waals surface area contributed by atoms with Crippen molar-refractivity contribution in [1.82, 2.24) is 0 Å². The minimum Gasteiger partial charge on any atom is -0.476 e. The van der Waals surface area contributed by atoms with E-state index in [-0.39, 0.29) is 7.92 Å². The molecular formula is C11H20AlNOP2. The van der Waals surface area contributed by atoms with Crippen LogP contribution in [-0.4, -0.2) is 34.5 Å². The minimum absolute atomic E-state index is 0.0651. The standard InChI is InChI=1S/C9H14NOP2.2CH3.Al/c1-12(2)7-4-5-9(13(3)11)8(10)6-7;;;/h4-6H,10H2,1-3H3;2*1H3;/q-1;;;+1. The van der Waals surface area contributed by atoms with Crippen molar-refractivity contribution < 1.29 is 3.58 Å². The maximum Gasteiger partial charge on any atom is 0.457 e. The molecule has 1 aromatic rings.